The van der Waals surface area contributed by atoms with Gasteiger partial charge in [0, 0.05) is 17.3 Å². The van der Waals surface area contributed by atoms with E-state index >= 15 is 0 Å². The zero-order valence-corrected chi connectivity index (χ0v) is 27.4. The minimum Gasteiger partial charge on any atom is -0.405 e. The van der Waals surface area contributed by atoms with E-state index in [9.17, 15) is 0 Å². The van der Waals surface area contributed by atoms with Crippen LogP contribution < -0.4 is 10.4 Å². The number of rotatable bonds is 8. The van der Waals surface area contributed by atoms with Gasteiger partial charge in [-0.2, -0.15) is 0 Å². The molecule has 0 amide bonds. The summed E-state index contributed by atoms with van der Waals surface area (Å²) >= 11 is 2.46. The summed E-state index contributed by atoms with van der Waals surface area (Å²) in [4.78, 5) is 0. The van der Waals surface area contributed by atoms with Gasteiger partial charge < -0.3 is 18.6 Å². The van der Waals surface area contributed by atoms with Gasteiger partial charge in [0.05, 0.1) is 31.0 Å². The van der Waals surface area contributed by atoms with Gasteiger partial charge in [-0.1, -0.05) is 111 Å². The van der Waals surface area contributed by atoms with Crippen LogP contribution in [0.4, 0.5) is 0 Å². The fraction of sp³-hybridized carbons (Fsp3) is 0.636. The summed E-state index contributed by atoms with van der Waals surface area (Å²) in [5, 5.41) is 2.59. The second-order valence-electron chi connectivity index (χ2n) is 13.0. The van der Waals surface area contributed by atoms with Crippen LogP contribution in [0.2, 0.25) is 5.04 Å². The van der Waals surface area contributed by atoms with Gasteiger partial charge in [0.2, 0.25) is 0 Å². The van der Waals surface area contributed by atoms with Gasteiger partial charge in [-0.25, -0.2) is 0 Å². The van der Waals surface area contributed by atoms with E-state index in [4.69, 9.17) is 18.6 Å². The first-order valence-corrected chi connectivity index (χ1v) is 18.5. The topological polar surface area (TPSA) is 36.9 Å². The van der Waals surface area contributed by atoms with Gasteiger partial charge in [-0.15, -0.1) is 0 Å². The van der Waals surface area contributed by atoms with Crippen molar-refractivity contribution in [2.24, 2.45) is 5.92 Å². The van der Waals surface area contributed by atoms with E-state index in [1.807, 2.05) is 0 Å². The summed E-state index contributed by atoms with van der Waals surface area (Å²) in [5.74, 6) is -0.0314. The van der Waals surface area contributed by atoms with Crippen LogP contribution in [0.25, 0.3) is 0 Å². The van der Waals surface area contributed by atoms with Crippen LogP contribution in [0.3, 0.4) is 0 Å². The maximum absolute atomic E-state index is 7.29. The van der Waals surface area contributed by atoms with Gasteiger partial charge in [0.25, 0.3) is 8.32 Å². The van der Waals surface area contributed by atoms with Crippen LogP contribution in [0.5, 0.6) is 0 Å². The minimum absolute atomic E-state index is 0.0217. The molecule has 0 aliphatic carbocycles. The molecule has 2 aromatic carbocycles. The first-order chi connectivity index (χ1) is 18.7. The molecule has 6 atom stereocenters. The fourth-order valence-corrected chi connectivity index (χ4v) is 12.3. The van der Waals surface area contributed by atoms with Crippen molar-refractivity contribution >= 4 is 41.3 Å². The van der Waals surface area contributed by atoms with Gasteiger partial charge in [-0.05, 0) is 59.9 Å². The highest BCUT2D eigenvalue weighted by Gasteiger charge is 2.52. The Morgan fingerprint density at radius 2 is 1.46 bits per heavy atom. The van der Waals surface area contributed by atoms with Crippen LogP contribution in [-0.2, 0) is 18.6 Å². The highest BCUT2D eigenvalue weighted by atomic mass is 127. The Morgan fingerprint density at radius 3 is 2.08 bits per heavy atom. The van der Waals surface area contributed by atoms with E-state index < -0.39 is 14.1 Å². The lowest BCUT2D eigenvalue weighted by Crippen LogP contribution is -2.67. The summed E-state index contributed by atoms with van der Waals surface area (Å²) in [6.45, 7) is 9.93. The third-order valence-electron chi connectivity index (χ3n) is 9.23. The number of hydrogen-bond acceptors (Lipinski definition) is 4. The van der Waals surface area contributed by atoms with Crippen molar-refractivity contribution in [2.45, 2.75) is 114 Å². The van der Waals surface area contributed by atoms with Gasteiger partial charge in [0.1, 0.15) is 0 Å². The van der Waals surface area contributed by atoms with Crippen molar-refractivity contribution in [1.82, 2.24) is 0 Å². The Kier molecular flexibility index (Phi) is 9.61. The van der Waals surface area contributed by atoms with Crippen LogP contribution in [0.1, 0.15) is 79.1 Å². The van der Waals surface area contributed by atoms with Crippen molar-refractivity contribution in [1.29, 1.82) is 0 Å². The Morgan fingerprint density at radius 1 is 0.846 bits per heavy atom. The first kappa shape index (κ1) is 29.7. The summed E-state index contributed by atoms with van der Waals surface area (Å²) in [7, 11) is -2.61. The molecular weight excluding hydrogens is 615 g/mol. The van der Waals surface area contributed by atoms with Crippen molar-refractivity contribution in [3.05, 3.63) is 60.7 Å². The van der Waals surface area contributed by atoms with Crippen LogP contribution in [0, 0.1) is 5.92 Å². The van der Waals surface area contributed by atoms with Crippen molar-refractivity contribution in [2.75, 3.05) is 11.0 Å². The summed E-state index contributed by atoms with van der Waals surface area (Å²) in [5.41, 5.74) is 0. The molecule has 4 nitrogen and oxygen atoms in total. The average molecular weight is 663 g/mol. The SMILES string of the molecule is C[C@@H]1CC[C@@]2(CC[C@@H](C[C@@H]3CCC[C@H](CI)O3)O2)O[C@H]1CO[Si](c1ccccc1)(c1ccccc1)C(C)(C)C. The lowest BCUT2D eigenvalue weighted by molar-refractivity contribution is -0.287. The Balaban J connectivity index is 1.31. The van der Waals surface area contributed by atoms with Gasteiger partial charge >= 0.3 is 0 Å². The third-order valence-corrected chi connectivity index (χ3v) is 15.2. The molecular formula is C33H47IO4Si. The lowest BCUT2D eigenvalue weighted by atomic mass is 9.90. The molecule has 2 aromatic rings. The lowest BCUT2D eigenvalue weighted by Gasteiger charge is -2.46. The molecule has 3 aliphatic rings. The second-order valence-corrected chi connectivity index (χ2v) is 18.2. The maximum Gasteiger partial charge on any atom is 0.261 e. The predicted octanol–water partition coefficient (Wildman–Crippen LogP) is 7.02. The number of halogens is 1. The Bertz CT molecular complexity index is 1010. The van der Waals surface area contributed by atoms with Gasteiger partial charge in [-0.3, -0.25) is 0 Å². The van der Waals surface area contributed by atoms with E-state index in [1.54, 1.807) is 0 Å². The molecule has 0 N–H and O–H groups in total. The molecule has 0 unspecified atom stereocenters. The Labute approximate surface area is 250 Å². The van der Waals surface area contributed by atoms with E-state index in [-0.39, 0.29) is 17.2 Å². The molecule has 0 aromatic heterocycles. The molecule has 6 heteroatoms. The standard InChI is InChI=1S/C33H47IO4Si/c1-25-18-20-33(21-19-27(37-33)22-26-12-11-13-28(23-34)36-26)38-31(25)24-35-39(32(2,3)4,29-14-7-5-8-15-29)30-16-9-6-10-17-30/h5-10,14-17,25-28,31H,11-13,18-24H2,1-4H3/t25-,26+,27+,28-,31+,33+/m1/s1. The normalized spacial score (nSPS) is 32.0. The molecule has 0 bridgehead atoms. The number of ether oxygens (including phenoxy) is 3. The van der Waals surface area contributed by atoms with E-state index in [0.29, 0.717) is 24.7 Å². The van der Waals surface area contributed by atoms with Crippen LogP contribution in [0.15, 0.2) is 60.7 Å². The molecule has 39 heavy (non-hydrogen) atoms. The zero-order chi connectivity index (χ0) is 27.5. The van der Waals surface area contributed by atoms with Crippen molar-refractivity contribution in [3.8, 4) is 0 Å². The van der Waals surface area contributed by atoms with E-state index in [2.05, 4.69) is 111 Å². The number of hydrogen-bond donors (Lipinski definition) is 0. The molecule has 3 aliphatic heterocycles. The molecule has 1 spiro atoms. The third kappa shape index (κ3) is 6.51. The average Bonchev–Trinajstić information content (AvgIpc) is 3.33. The van der Waals surface area contributed by atoms with Crippen molar-refractivity contribution < 1.29 is 18.6 Å². The van der Waals surface area contributed by atoms with Crippen LogP contribution >= 0.6 is 22.6 Å². The monoisotopic (exact) mass is 662 g/mol. The van der Waals surface area contributed by atoms with Crippen molar-refractivity contribution in [3.63, 3.8) is 0 Å². The first-order valence-electron chi connectivity index (χ1n) is 15.1. The molecule has 0 radical (unpaired) electrons. The molecule has 5 rings (SSSR count). The maximum atomic E-state index is 7.29. The van der Waals surface area contributed by atoms with Crippen LogP contribution in [-0.4, -0.2) is 49.6 Å². The van der Waals surface area contributed by atoms with Gasteiger partial charge in [0.15, 0.2) is 5.79 Å². The number of alkyl halides is 1. The predicted molar refractivity (Wildman–Crippen MR) is 170 cm³/mol. The molecule has 3 fully saturated rings. The quantitative estimate of drug-likeness (QED) is 0.173. The number of benzene rings is 2. The molecule has 0 saturated carbocycles. The zero-order valence-electron chi connectivity index (χ0n) is 24.2. The second kappa shape index (κ2) is 12.6. The smallest absolute Gasteiger partial charge is 0.261 e. The van der Waals surface area contributed by atoms with E-state index in [1.165, 1.54) is 23.2 Å². The summed E-state index contributed by atoms with van der Waals surface area (Å²) in [6.07, 6.45) is 9.74. The summed E-state index contributed by atoms with van der Waals surface area (Å²) < 4.78 is 28.4. The molecule has 3 saturated heterocycles. The highest BCUT2D eigenvalue weighted by Crippen LogP contribution is 2.45. The Hall–Kier alpha value is -0.773. The molecule has 3 heterocycles. The van der Waals surface area contributed by atoms with E-state index in [0.717, 1.165) is 43.0 Å². The minimum atomic E-state index is -2.61. The fourth-order valence-electron chi connectivity index (χ4n) is 7.05. The highest BCUT2D eigenvalue weighted by molar-refractivity contribution is 14.1. The largest absolute Gasteiger partial charge is 0.405 e. The molecule has 214 valence electrons. The summed E-state index contributed by atoms with van der Waals surface area (Å²) in [6, 6.07) is 21.8.